The minimum Gasteiger partial charge on any atom is -0.481 e. The summed E-state index contributed by atoms with van der Waals surface area (Å²) in [6, 6.07) is 0. The van der Waals surface area contributed by atoms with Crippen molar-refractivity contribution in [1.82, 2.24) is 0 Å². The third kappa shape index (κ3) is 13.4. The average Bonchev–Trinajstić information content (AvgIpc) is 2.45. The van der Waals surface area contributed by atoms with Crippen molar-refractivity contribution < 1.29 is 20.1 Å². The van der Waals surface area contributed by atoms with Crippen LogP contribution in [-0.2, 0) is 4.79 Å². The van der Waals surface area contributed by atoms with E-state index in [1.165, 1.54) is 12.2 Å². The van der Waals surface area contributed by atoms with E-state index >= 15 is 0 Å². The molecule has 0 unspecified atom stereocenters. The molecule has 0 aliphatic heterocycles. The van der Waals surface area contributed by atoms with Crippen molar-refractivity contribution in [2.75, 3.05) is 0 Å². The van der Waals surface area contributed by atoms with Crippen molar-refractivity contribution in [2.24, 2.45) is 0 Å². The summed E-state index contributed by atoms with van der Waals surface area (Å²) in [5.74, 6) is 4.66. The summed E-state index contributed by atoms with van der Waals surface area (Å²) >= 11 is 3.14. The van der Waals surface area contributed by atoms with Gasteiger partial charge in [-0.15, -0.1) is 0 Å². The Morgan fingerprint density at radius 1 is 1.29 bits per heavy atom. The maximum Gasteiger partial charge on any atom is 0.303 e. The molecule has 0 aromatic heterocycles. The van der Waals surface area contributed by atoms with Crippen molar-refractivity contribution in [3.8, 4) is 11.8 Å². The molecule has 0 bridgehead atoms. The van der Waals surface area contributed by atoms with Crippen LogP contribution in [-0.4, -0.2) is 33.5 Å². The predicted molar refractivity (Wildman–Crippen MR) is 86.9 cm³/mol. The van der Waals surface area contributed by atoms with Gasteiger partial charge in [-0.25, -0.2) is 0 Å². The highest BCUT2D eigenvalue weighted by Gasteiger charge is 2.11. The van der Waals surface area contributed by atoms with Gasteiger partial charge in [0.05, 0.1) is 12.2 Å². The van der Waals surface area contributed by atoms with Crippen LogP contribution in [0.5, 0.6) is 0 Å². The van der Waals surface area contributed by atoms with Crippen molar-refractivity contribution >= 4 is 21.9 Å². The summed E-state index contributed by atoms with van der Waals surface area (Å²) in [6.07, 6.45) is 8.99. The van der Waals surface area contributed by atoms with Gasteiger partial charge in [0, 0.05) is 12.8 Å². The Balaban J connectivity index is 3.89. The van der Waals surface area contributed by atoms with Gasteiger partial charge in [0.1, 0.15) is 0 Å². The van der Waals surface area contributed by atoms with Crippen LogP contribution >= 0.6 is 15.9 Å². The van der Waals surface area contributed by atoms with Gasteiger partial charge in [0.2, 0.25) is 0 Å². The number of allylic oxidation sites excluding steroid dienone is 4. The lowest BCUT2D eigenvalue weighted by Crippen LogP contribution is -2.23. The molecule has 0 aromatic carbocycles. The van der Waals surface area contributed by atoms with Crippen LogP contribution < -0.4 is 0 Å². The molecule has 0 fully saturated rings. The second kappa shape index (κ2) is 13.6. The summed E-state index contributed by atoms with van der Waals surface area (Å²) < 4.78 is 0. The van der Waals surface area contributed by atoms with Crippen LogP contribution in [0.4, 0.5) is 0 Å². The van der Waals surface area contributed by atoms with E-state index in [1.807, 2.05) is 18.2 Å². The fraction of sp³-hybridized carbons (Fsp3) is 0.438. The lowest BCUT2D eigenvalue weighted by atomic mass is 10.1. The van der Waals surface area contributed by atoms with Gasteiger partial charge >= 0.3 is 5.97 Å². The number of aliphatic hydroxyl groups excluding tert-OH is 2. The van der Waals surface area contributed by atoms with Gasteiger partial charge in [-0.05, 0) is 36.4 Å². The second-order valence-electron chi connectivity index (χ2n) is 4.31. The largest absolute Gasteiger partial charge is 0.481 e. The molecule has 0 radical (unpaired) electrons. The van der Waals surface area contributed by atoms with Crippen LogP contribution in [0.25, 0.3) is 0 Å². The zero-order valence-corrected chi connectivity index (χ0v) is 13.4. The van der Waals surface area contributed by atoms with Crippen LogP contribution in [0.2, 0.25) is 0 Å². The molecule has 0 saturated carbocycles. The summed E-state index contributed by atoms with van der Waals surface area (Å²) in [6.45, 7) is 0. The Bertz CT molecular complexity index is 429. The summed E-state index contributed by atoms with van der Waals surface area (Å²) in [7, 11) is 0. The third-order valence-corrected chi connectivity index (χ3v) is 2.82. The quantitative estimate of drug-likeness (QED) is 0.337. The Hall–Kier alpha value is -1.35. The van der Waals surface area contributed by atoms with E-state index in [0.717, 1.165) is 0 Å². The first-order valence-corrected chi connectivity index (χ1v) is 7.64. The molecule has 116 valence electrons. The first-order valence-electron chi connectivity index (χ1n) is 6.72. The van der Waals surface area contributed by atoms with Crippen molar-refractivity contribution in [1.29, 1.82) is 0 Å². The van der Waals surface area contributed by atoms with Gasteiger partial charge in [-0.1, -0.05) is 46.0 Å². The summed E-state index contributed by atoms with van der Waals surface area (Å²) in [4.78, 5) is 12.0. The number of hydrogen-bond donors (Lipinski definition) is 3. The number of carboxylic acids is 1. The Kier molecular flexibility index (Phi) is 12.7. The van der Waals surface area contributed by atoms with E-state index in [4.69, 9.17) is 5.11 Å². The Labute approximate surface area is 134 Å². The van der Waals surface area contributed by atoms with Crippen molar-refractivity contribution in [3.63, 3.8) is 0 Å². The van der Waals surface area contributed by atoms with Crippen LogP contribution in [0, 0.1) is 11.8 Å². The molecule has 2 atom stereocenters. The van der Waals surface area contributed by atoms with Gasteiger partial charge in [0.15, 0.2) is 0 Å². The minimum atomic E-state index is -0.946. The second-order valence-corrected chi connectivity index (χ2v) is 4.84. The zero-order valence-electron chi connectivity index (χ0n) is 11.8. The number of rotatable bonds is 9. The van der Waals surface area contributed by atoms with E-state index in [1.54, 1.807) is 4.99 Å². The summed E-state index contributed by atoms with van der Waals surface area (Å²) in [5, 5.41) is 27.8. The highest BCUT2D eigenvalue weighted by molar-refractivity contribution is 9.11. The first kappa shape index (κ1) is 19.7. The number of carboxylic acid groups (broad SMARTS) is 1. The molecule has 0 spiro atoms. The monoisotopic (exact) mass is 356 g/mol. The standard InChI is InChI=1S/C16H21BrO4/c17-13-9-5-4-7-11-15(19)14(18)10-6-2-1-3-8-12-16(20)21/h4-6,9-10,13-15,18-19H,3,7-8,11-12H2,(H,20,21)/b5-4+,10-6+,13-9-/t14-,15+/m0/s1. The molecule has 0 aliphatic carbocycles. The maximum atomic E-state index is 10.3. The van der Waals surface area contributed by atoms with E-state index in [9.17, 15) is 15.0 Å². The smallest absolute Gasteiger partial charge is 0.303 e. The topological polar surface area (TPSA) is 77.8 Å². The van der Waals surface area contributed by atoms with E-state index in [0.29, 0.717) is 25.7 Å². The molecule has 0 heterocycles. The number of carbonyl (C=O) groups is 1. The highest BCUT2D eigenvalue weighted by Crippen LogP contribution is 2.05. The number of hydrogen-bond acceptors (Lipinski definition) is 3. The van der Waals surface area contributed by atoms with E-state index in [-0.39, 0.29) is 6.42 Å². The fourth-order valence-electron chi connectivity index (χ4n) is 1.39. The maximum absolute atomic E-state index is 10.3. The molecule has 3 N–H and O–H groups in total. The lowest BCUT2D eigenvalue weighted by molar-refractivity contribution is -0.137. The Morgan fingerprint density at radius 3 is 2.71 bits per heavy atom. The van der Waals surface area contributed by atoms with Gasteiger partial charge in [-0.3, -0.25) is 4.79 Å². The van der Waals surface area contributed by atoms with Gasteiger partial charge < -0.3 is 15.3 Å². The molecule has 0 amide bonds. The minimum absolute atomic E-state index is 0.109. The van der Waals surface area contributed by atoms with Gasteiger partial charge in [0.25, 0.3) is 0 Å². The van der Waals surface area contributed by atoms with Crippen LogP contribution in [0.1, 0.15) is 32.1 Å². The Morgan fingerprint density at radius 2 is 2.05 bits per heavy atom. The molecule has 0 rings (SSSR count). The average molecular weight is 357 g/mol. The molecule has 5 heteroatoms. The molecular weight excluding hydrogens is 336 g/mol. The molecule has 0 aromatic rings. The predicted octanol–water partition coefficient (Wildman–Crippen LogP) is 2.77. The van der Waals surface area contributed by atoms with Gasteiger partial charge in [-0.2, -0.15) is 0 Å². The third-order valence-electron chi connectivity index (χ3n) is 2.51. The lowest BCUT2D eigenvalue weighted by Gasteiger charge is -2.12. The molecule has 0 aliphatic rings. The number of aliphatic hydroxyl groups is 2. The SMILES string of the molecule is O=C(O)CCCC#C/C=C/[C@H](O)[C@H](O)CC/C=C/C=C\Br. The molecule has 21 heavy (non-hydrogen) atoms. The van der Waals surface area contributed by atoms with E-state index in [2.05, 4.69) is 27.8 Å². The normalized spacial score (nSPS) is 14.4. The first-order chi connectivity index (χ1) is 10.1. The number of halogens is 1. The highest BCUT2D eigenvalue weighted by atomic mass is 79.9. The number of unbranched alkanes of at least 4 members (excludes halogenated alkanes) is 1. The molecular formula is C16H21BrO4. The zero-order chi connectivity index (χ0) is 15.9. The van der Waals surface area contributed by atoms with Crippen molar-refractivity contribution in [3.05, 3.63) is 35.4 Å². The van der Waals surface area contributed by atoms with E-state index < -0.39 is 18.2 Å². The number of aliphatic carboxylic acids is 1. The van der Waals surface area contributed by atoms with Crippen LogP contribution in [0.3, 0.4) is 0 Å². The van der Waals surface area contributed by atoms with Crippen molar-refractivity contribution in [2.45, 2.75) is 44.3 Å². The summed E-state index contributed by atoms with van der Waals surface area (Å²) in [5.41, 5.74) is 0. The molecule has 4 nitrogen and oxygen atoms in total. The molecule has 0 saturated heterocycles. The fourth-order valence-corrected chi connectivity index (χ4v) is 1.56. The van der Waals surface area contributed by atoms with Crippen LogP contribution in [0.15, 0.2) is 35.4 Å².